The van der Waals surface area contributed by atoms with Gasteiger partial charge in [-0.15, -0.1) is 0 Å². The van der Waals surface area contributed by atoms with Gasteiger partial charge in [-0.2, -0.15) is 0 Å². The summed E-state index contributed by atoms with van der Waals surface area (Å²) in [4.78, 5) is 0. The highest BCUT2D eigenvalue weighted by atomic mass is 31.2. The van der Waals surface area contributed by atoms with Gasteiger partial charge in [-0.1, -0.05) is 20.8 Å². The maximum absolute atomic E-state index is 6.08. The highest BCUT2D eigenvalue weighted by Crippen LogP contribution is 2.62. The second kappa shape index (κ2) is 3.18. The van der Waals surface area contributed by atoms with E-state index in [1.54, 1.807) is 0 Å². The Morgan fingerprint density at radius 3 is 2.69 bits per heavy atom. The van der Waals surface area contributed by atoms with Gasteiger partial charge < -0.3 is 4.52 Å². The quantitative estimate of drug-likeness (QED) is 0.559. The molecule has 2 aliphatic heterocycles. The summed E-state index contributed by atoms with van der Waals surface area (Å²) < 4.78 is 8.71. The Balaban J connectivity index is 2.15. The van der Waals surface area contributed by atoms with E-state index in [1.807, 2.05) is 0 Å². The van der Waals surface area contributed by atoms with Crippen molar-refractivity contribution >= 4 is 8.30 Å². The molecule has 0 N–H and O–H groups in total. The lowest BCUT2D eigenvalue weighted by Gasteiger charge is -2.31. The normalized spacial score (nSPS) is 41.1. The van der Waals surface area contributed by atoms with Crippen molar-refractivity contribution in [3.8, 4) is 0 Å². The number of fused-ring (bicyclic) bond motifs is 1. The summed E-state index contributed by atoms with van der Waals surface area (Å²) in [5.41, 5.74) is 0. The number of nitrogens with zero attached hydrogens (tertiary/aromatic N) is 1. The van der Waals surface area contributed by atoms with Gasteiger partial charge in [0.25, 0.3) is 0 Å². The molecule has 2 heterocycles. The molecule has 2 saturated heterocycles. The van der Waals surface area contributed by atoms with Crippen molar-refractivity contribution in [2.24, 2.45) is 0 Å². The zero-order chi connectivity index (χ0) is 9.64. The van der Waals surface area contributed by atoms with Crippen molar-refractivity contribution in [3.05, 3.63) is 0 Å². The molecule has 2 fully saturated rings. The smallest absolute Gasteiger partial charge is 0.110 e. The lowest BCUT2D eigenvalue weighted by molar-refractivity contribution is 0.229. The van der Waals surface area contributed by atoms with Gasteiger partial charge >= 0.3 is 0 Å². The molecule has 0 amide bonds. The van der Waals surface area contributed by atoms with Crippen molar-refractivity contribution in [1.82, 2.24) is 4.67 Å². The van der Waals surface area contributed by atoms with Crippen LogP contribution < -0.4 is 0 Å². The molecule has 0 aromatic heterocycles. The van der Waals surface area contributed by atoms with Crippen LogP contribution >= 0.6 is 8.30 Å². The fourth-order valence-electron chi connectivity index (χ4n) is 2.31. The molecule has 0 radical (unpaired) electrons. The zero-order valence-corrected chi connectivity index (χ0v) is 9.97. The molecule has 76 valence electrons. The zero-order valence-electron chi connectivity index (χ0n) is 9.08. The van der Waals surface area contributed by atoms with Crippen LogP contribution in [0, 0.1) is 0 Å². The summed E-state index contributed by atoms with van der Waals surface area (Å²) >= 11 is 0. The van der Waals surface area contributed by atoms with Crippen LogP contribution in [0.3, 0.4) is 0 Å². The van der Waals surface area contributed by atoms with E-state index in [0.29, 0.717) is 11.3 Å². The molecule has 2 unspecified atom stereocenters. The summed E-state index contributed by atoms with van der Waals surface area (Å²) in [6, 6.07) is 0.727. The molecule has 0 aliphatic carbocycles. The fraction of sp³-hybridized carbons (Fsp3) is 1.00. The molecule has 0 spiro atoms. The first-order valence-electron chi connectivity index (χ1n) is 5.24. The molecule has 3 heteroatoms. The summed E-state index contributed by atoms with van der Waals surface area (Å²) in [5, 5.41) is 0.322. The van der Waals surface area contributed by atoms with Gasteiger partial charge in [0.2, 0.25) is 0 Å². The molecule has 0 bridgehead atoms. The Labute approximate surface area is 82.5 Å². The van der Waals surface area contributed by atoms with Crippen molar-refractivity contribution < 1.29 is 4.52 Å². The number of rotatable bonds is 0. The summed E-state index contributed by atoms with van der Waals surface area (Å²) in [6.07, 6.45) is 3.18. The predicted octanol–water partition coefficient (Wildman–Crippen LogP) is 2.98. The fourth-order valence-corrected chi connectivity index (χ4v) is 4.87. The van der Waals surface area contributed by atoms with Gasteiger partial charge in [-0.05, 0) is 19.8 Å². The maximum atomic E-state index is 6.08. The van der Waals surface area contributed by atoms with Crippen LogP contribution in [0.4, 0.5) is 0 Å². The van der Waals surface area contributed by atoms with Gasteiger partial charge in [-0.3, -0.25) is 4.67 Å². The Bertz CT molecular complexity index is 202. The molecular formula is C10H20NOP. The molecule has 2 rings (SSSR count). The lowest BCUT2D eigenvalue weighted by atomic mass is 10.1. The second-order valence-electron chi connectivity index (χ2n) is 5.13. The van der Waals surface area contributed by atoms with E-state index in [9.17, 15) is 0 Å². The van der Waals surface area contributed by atoms with Crippen molar-refractivity contribution in [2.45, 2.75) is 57.8 Å². The van der Waals surface area contributed by atoms with E-state index < -0.39 is 0 Å². The topological polar surface area (TPSA) is 12.5 Å². The van der Waals surface area contributed by atoms with Gasteiger partial charge in [-0.25, -0.2) is 0 Å². The average molecular weight is 201 g/mol. The predicted molar refractivity (Wildman–Crippen MR) is 56.9 cm³/mol. The third kappa shape index (κ3) is 1.65. The average Bonchev–Trinajstić information content (AvgIpc) is 2.51. The number of hydrogen-bond donors (Lipinski definition) is 0. The Hall–Kier alpha value is 0.350. The molecule has 0 aromatic rings. The third-order valence-electron chi connectivity index (χ3n) is 2.89. The molecule has 3 atom stereocenters. The first-order chi connectivity index (χ1) is 6.00. The van der Waals surface area contributed by atoms with Gasteiger partial charge in [0, 0.05) is 17.7 Å². The van der Waals surface area contributed by atoms with Crippen LogP contribution in [0.15, 0.2) is 0 Å². The minimum absolute atomic E-state index is 0.322. The van der Waals surface area contributed by atoms with Crippen LogP contribution in [0.2, 0.25) is 0 Å². The van der Waals surface area contributed by atoms with E-state index in [4.69, 9.17) is 4.52 Å². The van der Waals surface area contributed by atoms with Crippen LogP contribution in [0.5, 0.6) is 0 Å². The van der Waals surface area contributed by atoms with E-state index in [0.717, 1.165) is 6.04 Å². The molecule has 2 nitrogen and oxygen atoms in total. The lowest BCUT2D eigenvalue weighted by Crippen LogP contribution is -2.27. The standard InChI is InChI=1S/C10H20NOP/c1-8-9-6-5-7-11(9)13(12-8)10(2,3)4/h8-9H,5-7H2,1-4H3/t8?,9-,13?/m1/s1. The highest BCUT2D eigenvalue weighted by Gasteiger charge is 2.47. The molecule has 0 saturated carbocycles. The van der Waals surface area contributed by atoms with Crippen molar-refractivity contribution in [3.63, 3.8) is 0 Å². The van der Waals surface area contributed by atoms with Crippen molar-refractivity contribution in [1.29, 1.82) is 0 Å². The molecule has 0 aromatic carbocycles. The highest BCUT2D eigenvalue weighted by molar-refractivity contribution is 7.52. The molecular weight excluding hydrogens is 181 g/mol. The Kier molecular flexibility index (Phi) is 2.42. The third-order valence-corrected chi connectivity index (χ3v) is 5.53. The number of hydrogen-bond acceptors (Lipinski definition) is 2. The van der Waals surface area contributed by atoms with Gasteiger partial charge in [0.05, 0.1) is 6.10 Å². The maximum Gasteiger partial charge on any atom is 0.110 e. The van der Waals surface area contributed by atoms with Crippen LogP contribution in [0.25, 0.3) is 0 Å². The first kappa shape index (κ1) is 9.89. The second-order valence-corrected chi connectivity index (χ2v) is 7.74. The molecule has 2 aliphatic rings. The first-order valence-corrected chi connectivity index (χ1v) is 6.45. The van der Waals surface area contributed by atoms with Gasteiger partial charge in [0.1, 0.15) is 8.30 Å². The van der Waals surface area contributed by atoms with Crippen LogP contribution in [-0.4, -0.2) is 28.5 Å². The largest absolute Gasteiger partial charge is 0.338 e. The minimum Gasteiger partial charge on any atom is -0.338 e. The SMILES string of the molecule is CC1OP(C(C)(C)C)N2CCC[C@H]12. The minimum atomic E-state index is -0.333. The van der Waals surface area contributed by atoms with Crippen molar-refractivity contribution in [2.75, 3.05) is 6.54 Å². The van der Waals surface area contributed by atoms with Gasteiger partial charge in [0.15, 0.2) is 0 Å². The Morgan fingerprint density at radius 2 is 2.08 bits per heavy atom. The Morgan fingerprint density at radius 1 is 1.38 bits per heavy atom. The summed E-state index contributed by atoms with van der Waals surface area (Å²) in [7, 11) is -0.333. The van der Waals surface area contributed by atoms with Crippen LogP contribution in [0.1, 0.15) is 40.5 Å². The monoisotopic (exact) mass is 201 g/mol. The van der Waals surface area contributed by atoms with E-state index in [-0.39, 0.29) is 8.30 Å². The summed E-state index contributed by atoms with van der Waals surface area (Å²) in [5.74, 6) is 0. The summed E-state index contributed by atoms with van der Waals surface area (Å²) in [6.45, 7) is 10.4. The van der Waals surface area contributed by atoms with E-state index in [2.05, 4.69) is 32.4 Å². The molecule has 13 heavy (non-hydrogen) atoms. The van der Waals surface area contributed by atoms with E-state index >= 15 is 0 Å². The van der Waals surface area contributed by atoms with Crippen LogP contribution in [-0.2, 0) is 4.52 Å². The van der Waals surface area contributed by atoms with E-state index in [1.165, 1.54) is 19.4 Å².